The van der Waals surface area contributed by atoms with Gasteiger partial charge in [0.25, 0.3) is 5.56 Å². The fourth-order valence-corrected chi connectivity index (χ4v) is 5.30. The zero-order valence-corrected chi connectivity index (χ0v) is 23.0. The third-order valence-corrected chi connectivity index (χ3v) is 7.57. The Hall–Kier alpha value is -2.76. The first-order valence-electron chi connectivity index (χ1n) is 13.9. The van der Waals surface area contributed by atoms with Crippen molar-refractivity contribution in [2.75, 3.05) is 46.0 Å². The minimum Gasteiger partial charge on any atom is -0.493 e. The number of halogens is 1. The Kier molecular flexibility index (Phi) is 8.39. The second-order valence-corrected chi connectivity index (χ2v) is 11.8. The molecule has 3 fully saturated rings. The van der Waals surface area contributed by atoms with E-state index >= 15 is 0 Å². The molecule has 11 heteroatoms. The third-order valence-electron chi connectivity index (χ3n) is 7.57. The van der Waals surface area contributed by atoms with Crippen molar-refractivity contribution >= 4 is 17.0 Å². The number of benzene rings is 1. The molecule has 1 N–H and O–H groups in total. The Morgan fingerprint density at radius 3 is 2.56 bits per heavy atom. The molecule has 0 radical (unpaired) electrons. The van der Waals surface area contributed by atoms with E-state index in [9.17, 15) is 14.0 Å². The van der Waals surface area contributed by atoms with Gasteiger partial charge in [-0.3, -0.25) is 9.69 Å². The van der Waals surface area contributed by atoms with Crippen LogP contribution in [-0.2, 0) is 20.8 Å². The smallest absolute Gasteiger partial charge is 0.410 e. The van der Waals surface area contributed by atoms with E-state index in [0.717, 1.165) is 38.8 Å². The van der Waals surface area contributed by atoms with Gasteiger partial charge < -0.3 is 28.8 Å². The lowest BCUT2D eigenvalue weighted by Gasteiger charge is -2.47. The van der Waals surface area contributed by atoms with Crippen LogP contribution in [0, 0.1) is 11.7 Å². The number of nitrogens with zero attached hydrogens (tertiary/aromatic N) is 3. The molecule has 0 aliphatic carbocycles. The first-order chi connectivity index (χ1) is 18.6. The molecule has 214 valence electrons. The van der Waals surface area contributed by atoms with Crippen LogP contribution in [0.4, 0.5) is 9.18 Å². The van der Waals surface area contributed by atoms with Crippen molar-refractivity contribution in [3.8, 4) is 5.75 Å². The summed E-state index contributed by atoms with van der Waals surface area (Å²) in [4.78, 5) is 36.0. The number of carbonyl (C=O) groups excluding carboxylic acids is 1. The molecule has 0 saturated carbocycles. The molecule has 3 aliphatic rings. The first kappa shape index (κ1) is 27.8. The molecule has 2 aromatic rings. The lowest BCUT2D eigenvalue weighted by molar-refractivity contribution is -0.0409. The average molecular weight is 547 g/mol. The maximum Gasteiger partial charge on any atom is 0.410 e. The zero-order valence-electron chi connectivity index (χ0n) is 23.0. The maximum absolute atomic E-state index is 14.8. The highest BCUT2D eigenvalue weighted by Gasteiger charge is 2.38. The van der Waals surface area contributed by atoms with E-state index in [0.29, 0.717) is 56.4 Å². The third kappa shape index (κ3) is 7.06. The molecule has 0 atom stereocenters. The number of likely N-dealkylation sites (tertiary alicyclic amines) is 2. The second-order valence-electron chi connectivity index (χ2n) is 11.8. The van der Waals surface area contributed by atoms with Gasteiger partial charge in [0.1, 0.15) is 35.0 Å². The molecule has 4 heterocycles. The number of H-pyrrole nitrogens is 1. The van der Waals surface area contributed by atoms with Crippen LogP contribution in [0.5, 0.6) is 5.75 Å². The average Bonchev–Trinajstić information content (AvgIpc) is 2.85. The van der Waals surface area contributed by atoms with Gasteiger partial charge in [-0.2, -0.15) is 0 Å². The topological polar surface area (TPSA) is 106 Å². The molecule has 39 heavy (non-hydrogen) atoms. The van der Waals surface area contributed by atoms with Crippen LogP contribution >= 0.6 is 0 Å². The summed E-state index contributed by atoms with van der Waals surface area (Å²) >= 11 is 0. The Morgan fingerprint density at radius 2 is 1.87 bits per heavy atom. The predicted molar refractivity (Wildman–Crippen MR) is 142 cm³/mol. The molecular weight excluding hydrogens is 507 g/mol. The van der Waals surface area contributed by atoms with Crippen LogP contribution < -0.4 is 10.3 Å². The molecule has 10 nitrogen and oxygen atoms in total. The van der Waals surface area contributed by atoms with E-state index in [4.69, 9.17) is 18.9 Å². The Bertz CT molecular complexity index is 1210. The number of aromatic nitrogens is 2. The van der Waals surface area contributed by atoms with Gasteiger partial charge in [-0.1, -0.05) is 0 Å². The van der Waals surface area contributed by atoms with Crippen molar-refractivity contribution in [1.82, 2.24) is 19.8 Å². The number of rotatable bonds is 7. The molecular formula is C28H39FN4O6. The SMILES string of the molecule is CC(C)(C)OC(=O)N1CC(N2CCC(COc3cc(F)c4c(=O)[nH]c(COC5CCOCC5)nc4c3)CC2)C1. The highest BCUT2D eigenvalue weighted by molar-refractivity contribution is 5.79. The van der Waals surface area contributed by atoms with Crippen molar-refractivity contribution < 1.29 is 28.1 Å². The maximum atomic E-state index is 14.8. The molecule has 3 saturated heterocycles. The van der Waals surface area contributed by atoms with E-state index in [-0.39, 0.29) is 29.7 Å². The second kappa shape index (κ2) is 11.8. The van der Waals surface area contributed by atoms with Crippen molar-refractivity contribution in [1.29, 1.82) is 0 Å². The van der Waals surface area contributed by atoms with E-state index < -0.39 is 17.0 Å². The number of hydrogen-bond donors (Lipinski definition) is 1. The van der Waals surface area contributed by atoms with Crippen molar-refractivity contribution in [2.45, 2.75) is 70.8 Å². The minimum atomic E-state index is -0.650. The molecule has 0 unspecified atom stereocenters. The monoisotopic (exact) mass is 546 g/mol. The van der Waals surface area contributed by atoms with Crippen LogP contribution in [0.15, 0.2) is 16.9 Å². The number of ether oxygens (including phenoxy) is 4. The minimum absolute atomic E-state index is 0.0609. The van der Waals surface area contributed by atoms with Gasteiger partial charge >= 0.3 is 6.09 Å². The van der Waals surface area contributed by atoms with Crippen molar-refractivity contribution in [3.05, 3.63) is 34.1 Å². The summed E-state index contributed by atoms with van der Waals surface area (Å²) in [7, 11) is 0. The fraction of sp³-hybridized carbons (Fsp3) is 0.679. The van der Waals surface area contributed by atoms with Crippen LogP contribution in [-0.4, -0.2) is 89.6 Å². The summed E-state index contributed by atoms with van der Waals surface area (Å²) in [6.45, 7) is 10.8. The summed E-state index contributed by atoms with van der Waals surface area (Å²) in [5.74, 6) is 0.424. The fourth-order valence-electron chi connectivity index (χ4n) is 5.30. The Morgan fingerprint density at radius 1 is 1.15 bits per heavy atom. The highest BCUT2D eigenvalue weighted by Crippen LogP contribution is 2.27. The highest BCUT2D eigenvalue weighted by atomic mass is 19.1. The molecule has 1 aromatic carbocycles. The van der Waals surface area contributed by atoms with Gasteiger partial charge in [-0.15, -0.1) is 0 Å². The molecule has 0 bridgehead atoms. The van der Waals surface area contributed by atoms with Gasteiger partial charge in [0.15, 0.2) is 0 Å². The molecule has 5 rings (SSSR count). The number of hydrogen-bond acceptors (Lipinski definition) is 8. The van der Waals surface area contributed by atoms with Crippen LogP contribution in [0.2, 0.25) is 0 Å². The summed E-state index contributed by atoms with van der Waals surface area (Å²) in [5, 5.41) is -0.0774. The number of carbonyl (C=O) groups is 1. The Balaban J connectivity index is 1.11. The van der Waals surface area contributed by atoms with Gasteiger partial charge in [0.2, 0.25) is 0 Å². The van der Waals surface area contributed by atoms with E-state index in [1.54, 1.807) is 11.0 Å². The van der Waals surface area contributed by atoms with Crippen LogP contribution in [0.1, 0.15) is 52.3 Å². The summed E-state index contributed by atoms with van der Waals surface area (Å²) < 4.78 is 37.4. The van der Waals surface area contributed by atoms with Crippen LogP contribution in [0.25, 0.3) is 10.9 Å². The van der Waals surface area contributed by atoms with Crippen molar-refractivity contribution in [3.63, 3.8) is 0 Å². The lowest BCUT2D eigenvalue weighted by atomic mass is 9.95. The first-order valence-corrected chi connectivity index (χ1v) is 13.9. The summed E-state index contributed by atoms with van der Waals surface area (Å²) in [6.07, 6.45) is 3.34. The van der Waals surface area contributed by atoms with E-state index in [1.807, 2.05) is 20.8 Å². The molecule has 3 aliphatic heterocycles. The number of aromatic amines is 1. The molecule has 1 amide bonds. The van der Waals surface area contributed by atoms with Crippen LogP contribution in [0.3, 0.4) is 0 Å². The van der Waals surface area contributed by atoms with E-state index in [2.05, 4.69) is 14.9 Å². The summed E-state index contributed by atoms with van der Waals surface area (Å²) in [6, 6.07) is 3.25. The quantitative estimate of drug-likeness (QED) is 0.563. The van der Waals surface area contributed by atoms with Crippen molar-refractivity contribution in [2.24, 2.45) is 5.92 Å². The normalized spacial score (nSPS) is 20.3. The number of amides is 1. The van der Waals surface area contributed by atoms with Gasteiger partial charge in [0.05, 0.1) is 18.2 Å². The predicted octanol–water partition coefficient (Wildman–Crippen LogP) is 3.47. The molecule has 0 spiro atoms. The van der Waals surface area contributed by atoms with Gasteiger partial charge in [0, 0.05) is 44.5 Å². The van der Waals surface area contributed by atoms with E-state index in [1.165, 1.54) is 6.07 Å². The lowest BCUT2D eigenvalue weighted by Crippen LogP contribution is -2.62. The van der Waals surface area contributed by atoms with Gasteiger partial charge in [-0.05, 0) is 65.5 Å². The van der Waals surface area contributed by atoms with Gasteiger partial charge in [-0.25, -0.2) is 14.2 Å². The standard InChI is InChI=1S/C28H39FN4O6/c1-28(2,3)39-27(35)33-14-19(15-33)32-8-4-18(5-9-32)16-37-21-12-22(29)25-23(13-21)30-24(31-26(25)34)17-38-20-6-10-36-11-7-20/h12-13,18-20H,4-11,14-17H2,1-3H3,(H,30,31,34). The number of fused-ring (bicyclic) bond motifs is 1. The summed E-state index contributed by atoms with van der Waals surface area (Å²) in [5.41, 5.74) is -0.751. The number of piperidine rings is 1. The molecule has 1 aromatic heterocycles. The number of nitrogens with one attached hydrogen (secondary N) is 1. The largest absolute Gasteiger partial charge is 0.493 e. The Labute approximate surface area is 227 Å². The zero-order chi connectivity index (χ0) is 27.6.